The summed E-state index contributed by atoms with van der Waals surface area (Å²) in [5.74, 6) is -2.30. The number of Topliss-reactive ketones (excluding diaryl/α,β-unsaturated/α-hetero) is 1. The molecule has 0 radical (unpaired) electrons. The SMILES string of the molecule is O=C(c1cc2cnc(Nc3ccc(C4CCCNC4)cc3)nc2n(Cc2cnoc2S(=O)(=O)CC(F)(F)F)c1=O)C1CC1. The van der Waals surface area contributed by atoms with Crippen LogP contribution >= 0.6 is 0 Å². The highest BCUT2D eigenvalue weighted by atomic mass is 32.2. The zero-order valence-electron chi connectivity index (χ0n) is 22.7. The fraction of sp³-hybridized carbons (Fsp3) is 0.393. The van der Waals surface area contributed by atoms with Crippen molar-refractivity contribution in [3.63, 3.8) is 0 Å². The number of pyridine rings is 1. The average Bonchev–Trinajstić information content (AvgIpc) is 3.71. The number of rotatable bonds is 9. The summed E-state index contributed by atoms with van der Waals surface area (Å²) >= 11 is 0. The van der Waals surface area contributed by atoms with E-state index in [2.05, 4.69) is 25.8 Å². The average molecular weight is 617 g/mol. The number of benzene rings is 1. The maximum Gasteiger partial charge on any atom is 0.403 e. The van der Waals surface area contributed by atoms with Crippen molar-refractivity contribution >= 4 is 38.3 Å². The number of alkyl halides is 3. The predicted octanol–water partition coefficient (Wildman–Crippen LogP) is 3.97. The third kappa shape index (κ3) is 6.32. The van der Waals surface area contributed by atoms with Crippen LogP contribution in [0.3, 0.4) is 0 Å². The Morgan fingerprint density at radius 3 is 2.58 bits per heavy atom. The van der Waals surface area contributed by atoms with Gasteiger partial charge in [-0.25, -0.2) is 13.4 Å². The summed E-state index contributed by atoms with van der Waals surface area (Å²) in [5, 5.41) is 9.16. The number of halogens is 3. The van der Waals surface area contributed by atoms with Crippen molar-refractivity contribution in [2.45, 2.75) is 49.4 Å². The van der Waals surface area contributed by atoms with Gasteiger partial charge in [-0.2, -0.15) is 18.2 Å². The molecule has 11 nitrogen and oxygen atoms in total. The third-order valence-corrected chi connectivity index (χ3v) is 9.16. The van der Waals surface area contributed by atoms with E-state index < -0.39 is 39.0 Å². The van der Waals surface area contributed by atoms with Crippen LogP contribution in [-0.2, 0) is 16.4 Å². The molecule has 226 valence electrons. The lowest BCUT2D eigenvalue weighted by Gasteiger charge is -2.23. The van der Waals surface area contributed by atoms with Crippen molar-refractivity contribution in [3.05, 3.63) is 69.8 Å². The van der Waals surface area contributed by atoms with Gasteiger partial charge in [0.15, 0.2) is 11.5 Å². The van der Waals surface area contributed by atoms with Crippen LogP contribution in [0.4, 0.5) is 24.8 Å². The monoisotopic (exact) mass is 616 g/mol. The molecule has 0 amide bonds. The molecule has 6 rings (SSSR count). The van der Waals surface area contributed by atoms with E-state index in [1.54, 1.807) is 0 Å². The normalized spacial score (nSPS) is 17.7. The summed E-state index contributed by atoms with van der Waals surface area (Å²) in [6, 6.07) is 9.19. The highest BCUT2D eigenvalue weighted by Gasteiger charge is 2.39. The van der Waals surface area contributed by atoms with Crippen molar-refractivity contribution in [1.29, 1.82) is 0 Å². The molecule has 2 aliphatic rings. The molecule has 1 atom stereocenters. The summed E-state index contributed by atoms with van der Waals surface area (Å²) in [6.07, 6.45) is 0.802. The molecular weight excluding hydrogens is 589 g/mol. The molecular formula is C28H27F3N6O5S. The number of ketones is 1. The second kappa shape index (κ2) is 11.2. The second-order valence-corrected chi connectivity index (χ2v) is 12.8. The molecule has 1 unspecified atom stereocenters. The van der Waals surface area contributed by atoms with Crippen LogP contribution in [-0.4, -0.2) is 58.9 Å². The van der Waals surface area contributed by atoms with Gasteiger partial charge in [-0.3, -0.25) is 14.2 Å². The van der Waals surface area contributed by atoms with Gasteiger partial charge in [0.2, 0.25) is 15.8 Å². The number of nitrogens with one attached hydrogen (secondary N) is 2. The Hall–Kier alpha value is -4.11. The Kier molecular flexibility index (Phi) is 7.54. The van der Waals surface area contributed by atoms with Crippen LogP contribution in [0.5, 0.6) is 0 Å². The van der Waals surface area contributed by atoms with Gasteiger partial charge in [0.25, 0.3) is 10.7 Å². The number of anilines is 2. The van der Waals surface area contributed by atoms with Gasteiger partial charge < -0.3 is 15.2 Å². The van der Waals surface area contributed by atoms with Crippen LogP contribution in [0.25, 0.3) is 11.0 Å². The van der Waals surface area contributed by atoms with Crippen molar-refractivity contribution in [2.24, 2.45) is 5.92 Å². The number of carbonyl (C=O) groups is 1. The molecule has 1 aliphatic carbocycles. The molecule has 1 saturated carbocycles. The number of nitrogens with zero attached hydrogens (tertiary/aromatic N) is 4. The Morgan fingerprint density at radius 1 is 1.14 bits per heavy atom. The molecule has 15 heteroatoms. The van der Waals surface area contributed by atoms with Gasteiger partial charge in [0.1, 0.15) is 5.65 Å². The zero-order chi connectivity index (χ0) is 30.4. The minimum atomic E-state index is -5.03. The van der Waals surface area contributed by atoms with Crippen molar-refractivity contribution < 1.29 is 30.9 Å². The standard InChI is InChI=1S/C28H27F3N6O5S/c29-28(30,31)15-43(40,41)26-20(13-34-42-26)14-37-24-19(10-22(25(37)39)23(38)17-3-4-17)12-33-27(36-24)35-21-7-5-16(6-8-21)18-2-1-9-32-11-18/h5-8,10,12-13,17-18,32H,1-4,9,11,14-15H2,(H,33,35,36). The molecule has 0 spiro atoms. The number of hydrogen-bond acceptors (Lipinski definition) is 10. The highest BCUT2D eigenvalue weighted by molar-refractivity contribution is 7.91. The van der Waals surface area contributed by atoms with Gasteiger partial charge in [0, 0.05) is 29.7 Å². The van der Waals surface area contributed by atoms with Crippen molar-refractivity contribution in [3.8, 4) is 0 Å². The highest BCUT2D eigenvalue weighted by Crippen LogP contribution is 2.33. The Bertz CT molecular complexity index is 1840. The second-order valence-electron chi connectivity index (χ2n) is 10.9. The number of aromatic nitrogens is 4. The van der Waals surface area contributed by atoms with Gasteiger partial charge in [-0.05, 0) is 61.9 Å². The van der Waals surface area contributed by atoms with Gasteiger partial charge >= 0.3 is 6.18 Å². The first kappa shape index (κ1) is 29.0. The fourth-order valence-electron chi connectivity index (χ4n) is 5.27. The number of hydrogen-bond donors (Lipinski definition) is 2. The molecule has 3 aromatic heterocycles. The topological polar surface area (TPSA) is 149 Å². The van der Waals surface area contributed by atoms with Crippen molar-refractivity contribution in [1.82, 2.24) is 25.0 Å². The van der Waals surface area contributed by atoms with Gasteiger partial charge in [-0.1, -0.05) is 17.3 Å². The summed E-state index contributed by atoms with van der Waals surface area (Å²) < 4.78 is 69.7. The van der Waals surface area contributed by atoms with Gasteiger partial charge in [0.05, 0.1) is 23.9 Å². The molecule has 4 aromatic rings. The maximum atomic E-state index is 13.6. The zero-order valence-corrected chi connectivity index (χ0v) is 23.5. The Labute approximate surface area is 243 Å². The molecule has 0 bridgehead atoms. The van der Waals surface area contributed by atoms with E-state index in [9.17, 15) is 31.2 Å². The minimum absolute atomic E-state index is 0.0418. The number of carbonyl (C=O) groups excluding carboxylic acids is 1. The van der Waals surface area contributed by atoms with Crippen LogP contribution in [0.1, 0.15) is 53.1 Å². The van der Waals surface area contributed by atoms with E-state index in [4.69, 9.17) is 4.52 Å². The lowest BCUT2D eigenvalue weighted by Crippen LogP contribution is -2.29. The summed E-state index contributed by atoms with van der Waals surface area (Å²) in [7, 11) is -4.97. The molecule has 1 aromatic carbocycles. The smallest absolute Gasteiger partial charge is 0.344 e. The predicted molar refractivity (Wildman–Crippen MR) is 149 cm³/mol. The number of fused-ring (bicyclic) bond motifs is 1. The number of piperidine rings is 1. The van der Waals surface area contributed by atoms with Crippen molar-refractivity contribution in [2.75, 3.05) is 24.2 Å². The Morgan fingerprint density at radius 2 is 1.91 bits per heavy atom. The third-order valence-electron chi connectivity index (χ3n) is 7.55. The van der Waals surface area contributed by atoms with E-state index in [0.717, 1.165) is 36.7 Å². The van der Waals surface area contributed by atoms with Crippen LogP contribution in [0.15, 0.2) is 57.1 Å². The lowest BCUT2D eigenvalue weighted by molar-refractivity contribution is -0.106. The first-order valence-corrected chi connectivity index (χ1v) is 15.4. The molecule has 4 heterocycles. The first-order chi connectivity index (χ1) is 20.5. The van der Waals surface area contributed by atoms with Crippen LogP contribution < -0.4 is 16.2 Å². The Balaban J connectivity index is 1.37. The molecule has 43 heavy (non-hydrogen) atoms. The van der Waals surface area contributed by atoms with Crippen LogP contribution in [0, 0.1) is 5.92 Å². The molecule has 2 N–H and O–H groups in total. The summed E-state index contributed by atoms with van der Waals surface area (Å²) in [4.78, 5) is 35.3. The minimum Gasteiger partial charge on any atom is -0.344 e. The quantitative estimate of drug-likeness (QED) is 0.265. The van der Waals surface area contributed by atoms with Gasteiger partial charge in [-0.15, -0.1) is 0 Å². The number of sulfone groups is 1. The van der Waals surface area contributed by atoms with E-state index in [-0.39, 0.29) is 34.4 Å². The van der Waals surface area contributed by atoms with Crippen LogP contribution in [0.2, 0.25) is 0 Å². The largest absolute Gasteiger partial charge is 0.403 e. The van der Waals surface area contributed by atoms with E-state index in [1.807, 2.05) is 24.3 Å². The summed E-state index contributed by atoms with van der Waals surface area (Å²) in [5.41, 5.74) is 0.734. The lowest BCUT2D eigenvalue weighted by atomic mass is 9.92. The van der Waals surface area contributed by atoms with E-state index in [0.29, 0.717) is 29.8 Å². The van der Waals surface area contributed by atoms with E-state index >= 15 is 0 Å². The maximum absolute atomic E-state index is 13.6. The fourth-order valence-corrected chi connectivity index (χ4v) is 6.51. The first-order valence-electron chi connectivity index (χ1n) is 13.7. The molecule has 2 fully saturated rings. The van der Waals surface area contributed by atoms with E-state index in [1.165, 1.54) is 17.8 Å². The molecule has 1 aliphatic heterocycles. The molecule has 1 saturated heterocycles. The summed E-state index contributed by atoms with van der Waals surface area (Å²) in [6.45, 7) is 1.37.